The Morgan fingerprint density at radius 3 is 2.60 bits per heavy atom. The normalized spacial score (nSPS) is 15.0. The van der Waals surface area contributed by atoms with Gasteiger partial charge < -0.3 is 5.11 Å². The van der Waals surface area contributed by atoms with Crippen molar-refractivity contribution in [2.45, 2.75) is 19.0 Å². The molecule has 0 saturated carbocycles. The molecule has 1 N–H and O–H groups in total. The first-order chi connectivity index (χ1) is 6.85. The van der Waals surface area contributed by atoms with Gasteiger partial charge >= 0.3 is 0 Å². The lowest BCUT2D eigenvalue weighted by Crippen LogP contribution is -2.30. The highest BCUT2D eigenvalue weighted by atomic mass is 19.3. The maximum atomic E-state index is 12.4. The maximum absolute atomic E-state index is 12.4. The number of halogens is 2. The number of hydrogen-bond acceptors (Lipinski definition) is 3. The summed E-state index contributed by atoms with van der Waals surface area (Å²) in [6.07, 6.45) is -3.00. The number of nitrogens with zero attached hydrogens (tertiary/aromatic N) is 1. The van der Waals surface area contributed by atoms with Crippen LogP contribution in [-0.2, 0) is 5.60 Å². The lowest BCUT2D eigenvalue weighted by Gasteiger charge is -2.22. The molecule has 0 heterocycles. The van der Waals surface area contributed by atoms with Crippen molar-refractivity contribution in [2.75, 3.05) is 0 Å². The molecular weight excluding hydrogens is 208 g/mol. The minimum atomic E-state index is -3.00. The van der Waals surface area contributed by atoms with Crippen LogP contribution in [0.4, 0.5) is 14.5 Å². The van der Waals surface area contributed by atoms with Crippen LogP contribution < -0.4 is 0 Å². The number of rotatable bonds is 3. The van der Waals surface area contributed by atoms with Gasteiger partial charge in [0, 0.05) is 12.1 Å². The van der Waals surface area contributed by atoms with Gasteiger partial charge in [-0.3, -0.25) is 10.1 Å². The molecule has 1 atom stereocenters. The second kappa shape index (κ2) is 3.90. The third-order valence-corrected chi connectivity index (χ3v) is 2.07. The van der Waals surface area contributed by atoms with Crippen LogP contribution in [0, 0.1) is 10.1 Å². The molecule has 0 amide bonds. The summed E-state index contributed by atoms with van der Waals surface area (Å²) in [5.74, 6) is 0. The monoisotopic (exact) mass is 217 g/mol. The van der Waals surface area contributed by atoms with Gasteiger partial charge in [0.1, 0.15) is 5.60 Å². The molecule has 82 valence electrons. The van der Waals surface area contributed by atoms with Crippen LogP contribution in [0.2, 0.25) is 0 Å². The van der Waals surface area contributed by atoms with Crippen LogP contribution in [0.3, 0.4) is 0 Å². The predicted molar refractivity (Wildman–Crippen MR) is 48.7 cm³/mol. The fraction of sp³-hybridized carbons (Fsp3) is 0.333. The van der Waals surface area contributed by atoms with Gasteiger partial charge in [-0.2, -0.15) is 0 Å². The highest BCUT2D eigenvalue weighted by Gasteiger charge is 2.35. The van der Waals surface area contributed by atoms with E-state index in [1.54, 1.807) is 0 Å². The van der Waals surface area contributed by atoms with Crippen molar-refractivity contribution in [3.8, 4) is 0 Å². The Morgan fingerprint density at radius 2 is 2.13 bits per heavy atom. The largest absolute Gasteiger partial charge is 0.379 e. The Labute approximate surface area is 84.3 Å². The van der Waals surface area contributed by atoms with Crippen molar-refractivity contribution in [1.29, 1.82) is 0 Å². The zero-order valence-corrected chi connectivity index (χ0v) is 7.85. The van der Waals surface area contributed by atoms with Crippen LogP contribution in [0.5, 0.6) is 0 Å². The lowest BCUT2D eigenvalue weighted by molar-refractivity contribution is -0.385. The topological polar surface area (TPSA) is 63.4 Å². The maximum Gasteiger partial charge on any atom is 0.270 e. The third-order valence-electron chi connectivity index (χ3n) is 2.07. The summed E-state index contributed by atoms with van der Waals surface area (Å²) in [7, 11) is 0. The number of benzene rings is 1. The summed E-state index contributed by atoms with van der Waals surface area (Å²) in [6.45, 7) is 0.913. The molecule has 1 unspecified atom stereocenters. The molecule has 1 rings (SSSR count). The smallest absolute Gasteiger partial charge is 0.270 e. The summed E-state index contributed by atoms with van der Waals surface area (Å²) >= 11 is 0. The van der Waals surface area contributed by atoms with Gasteiger partial charge in [0.2, 0.25) is 0 Å². The number of non-ortho nitro benzene ring substituents is 1. The predicted octanol–water partition coefficient (Wildman–Crippen LogP) is 2.07. The van der Waals surface area contributed by atoms with Crippen molar-refractivity contribution in [1.82, 2.24) is 0 Å². The molecule has 4 nitrogen and oxygen atoms in total. The summed E-state index contributed by atoms with van der Waals surface area (Å²) in [5, 5.41) is 19.8. The lowest BCUT2D eigenvalue weighted by atomic mass is 9.96. The summed E-state index contributed by atoms with van der Waals surface area (Å²) in [4.78, 5) is 9.68. The van der Waals surface area contributed by atoms with E-state index >= 15 is 0 Å². The van der Waals surface area contributed by atoms with Gasteiger partial charge in [-0.25, -0.2) is 8.78 Å². The van der Waals surface area contributed by atoms with Crippen LogP contribution >= 0.6 is 0 Å². The van der Waals surface area contributed by atoms with Gasteiger partial charge in [-0.15, -0.1) is 0 Å². The van der Waals surface area contributed by atoms with E-state index in [-0.39, 0.29) is 11.3 Å². The fourth-order valence-electron chi connectivity index (χ4n) is 1.06. The van der Waals surface area contributed by atoms with E-state index in [2.05, 4.69) is 0 Å². The molecule has 0 saturated heterocycles. The van der Waals surface area contributed by atoms with Crippen LogP contribution in [0.25, 0.3) is 0 Å². The highest BCUT2D eigenvalue weighted by molar-refractivity contribution is 5.37. The molecule has 15 heavy (non-hydrogen) atoms. The number of nitro benzene ring substituents is 1. The standard InChI is InChI=1S/C9H9F2NO3/c1-9(13,8(10)11)6-3-2-4-7(5-6)12(14)15/h2-5,8,13H,1H3. The van der Waals surface area contributed by atoms with Gasteiger partial charge in [0.25, 0.3) is 12.1 Å². The average molecular weight is 217 g/mol. The Hall–Kier alpha value is -1.56. The minimum absolute atomic E-state index is 0.174. The SMILES string of the molecule is CC(O)(c1cccc([N+](=O)[O-])c1)C(F)F. The first-order valence-electron chi connectivity index (χ1n) is 4.11. The summed E-state index contributed by atoms with van der Waals surface area (Å²) in [6, 6.07) is 4.58. The first-order valence-corrected chi connectivity index (χ1v) is 4.11. The Kier molecular flexibility index (Phi) is 2.99. The van der Waals surface area contributed by atoms with E-state index in [1.807, 2.05) is 0 Å². The molecule has 0 bridgehead atoms. The third kappa shape index (κ3) is 2.27. The first kappa shape index (κ1) is 11.5. The summed E-state index contributed by atoms with van der Waals surface area (Å²) < 4.78 is 24.8. The van der Waals surface area contributed by atoms with Crippen LogP contribution in [0.1, 0.15) is 12.5 Å². The molecular formula is C9H9F2NO3. The van der Waals surface area contributed by atoms with Crippen molar-refractivity contribution in [2.24, 2.45) is 0 Å². The molecule has 1 aromatic rings. The van der Waals surface area contributed by atoms with E-state index in [4.69, 9.17) is 0 Å². The molecule has 1 aromatic carbocycles. The van der Waals surface area contributed by atoms with Gasteiger partial charge in [-0.05, 0) is 12.5 Å². The summed E-state index contributed by atoms with van der Waals surface area (Å²) in [5.41, 5.74) is -2.87. The van der Waals surface area contributed by atoms with E-state index in [0.717, 1.165) is 13.0 Å². The van der Waals surface area contributed by atoms with Crippen LogP contribution in [-0.4, -0.2) is 16.5 Å². The molecule has 0 fully saturated rings. The minimum Gasteiger partial charge on any atom is -0.379 e. The number of hydrogen-bond donors (Lipinski definition) is 1. The van der Waals surface area contributed by atoms with Crippen molar-refractivity contribution < 1.29 is 18.8 Å². The van der Waals surface area contributed by atoms with Gasteiger partial charge in [-0.1, -0.05) is 12.1 Å². The molecule has 0 aromatic heterocycles. The average Bonchev–Trinajstić information content (AvgIpc) is 2.17. The second-order valence-corrected chi connectivity index (χ2v) is 3.26. The van der Waals surface area contributed by atoms with E-state index in [9.17, 15) is 24.0 Å². The van der Waals surface area contributed by atoms with Crippen LogP contribution in [0.15, 0.2) is 24.3 Å². The zero-order chi connectivity index (χ0) is 11.6. The Balaban J connectivity index is 3.16. The van der Waals surface area contributed by atoms with Gasteiger partial charge in [0.15, 0.2) is 0 Å². The Bertz CT molecular complexity index is 379. The molecule has 0 radical (unpaired) electrons. The van der Waals surface area contributed by atoms with Crippen molar-refractivity contribution >= 4 is 5.69 Å². The molecule has 6 heteroatoms. The molecule has 0 aliphatic rings. The molecule has 0 aliphatic heterocycles. The van der Waals surface area contributed by atoms with Crippen molar-refractivity contribution in [3.63, 3.8) is 0 Å². The number of aliphatic hydroxyl groups is 1. The highest BCUT2D eigenvalue weighted by Crippen LogP contribution is 2.29. The quantitative estimate of drug-likeness (QED) is 0.622. The van der Waals surface area contributed by atoms with Crippen molar-refractivity contribution in [3.05, 3.63) is 39.9 Å². The zero-order valence-electron chi connectivity index (χ0n) is 7.85. The van der Waals surface area contributed by atoms with Gasteiger partial charge in [0.05, 0.1) is 4.92 Å². The molecule has 0 aliphatic carbocycles. The van der Waals surface area contributed by atoms with E-state index in [0.29, 0.717) is 0 Å². The number of nitro groups is 1. The second-order valence-electron chi connectivity index (χ2n) is 3.26. The fourth-order valence-corrected chi connectivity index (χ4v) is 1.06. The van der Waals surface area contributed by atoms with E-state index in [1.165, 1.54) is 18.2 Å². The van der Waals surface area contributed by atoms with E-state index < -0.39 is 16.9 Å². The Morgan fingerprint density at radius 1 is 1.53 bits per heavy atom. The molecule has 0 spiro atoms. The number of alkyl halides is 2.